The highest BCUT2D eigenvalue weighted by atomic mass is 16.2. The van der Waals surface area contributed by atoms with Crippen LogP contribution < -0.4 is 11.2 Å². The van der Waals surface area contributed by atoms with Crippen LogP contribution in [-0.4, -0.2) is 36.7 Å². The van der Waals surface area contributed by atoms with Gasteiger partial charge in [0, 0.05) is 45.7 Å². The van der Waals surface area contributed by atoms with E-state index >= 15 is 0 Å². The van der Waals surface area contributed by atoms with Crippen molar-refractivity contribution in [2.75, 3.05) is 6.54 Å². The summed E-state index contributed by atoms with van der Waals surface area (Å²) >= 11 is 0. The van der Waals surface area contributed by atoms with Crippen molar-refractivity contribution < 1.29 is 4.79 Å². The molecule has 0 unspecified atom stereocenters. The van der Waals surface area contributed by atoms with Crippen LogP contribution in [0.15, 0.2) is 20.9 Å². The van der Waals surface area contributed by atoms with Crippen LogP contribution in [0, 0.1) is 5.41 Å². The van der Waals surface area contributed by atoms with Gasteiger partial charge in [-0.05, 0) is 18.3 Å². The molecule has 0 amide bonds. The predicted octanol–water partition coefficient (Wildman–Crippen LogP) is 1.04. The molecule has 140 valence electrons. The molecule has 2 aromatic rings. The number of imidazole rings is 1. The highest BCUT2D eigenvalue weighted by molar-refractivity contribution is 6.04. The molecule has 1 aliphatic carbocycles. The van der Waals surface area contributed by atoms with Gasteiger partial charge >= 0.3 is 5.69 Å². The van der Waals surface area contributed by atoms with Gasteiger partial charge in [-0.1, -0.05) is 13.8 Å². The van der Waals surface area contributed by atoms with Crippen LogP contribution >= 0.6 is 0 Å². The SMILES string of the molecule is Cn1c(=O)c2c(ncn2CCCN=C2CC(=O)CC(C)(C)C2)n(C)c1=O. The summed E-state index contributed by atoms with van der Waals surface area (Å²) in [6, 6.07) is 0. The van der Waals surface area contributed by atoms with E-state index in [1.807, 2.05) is 0 Å². The Morgan fingerprint density at radius 1 is 1.15 bits per heavy atom. The van der Waals surface area contributed by atoms with Crippen molar-refractivity contribution in [1.29, 1.82) is 0 Å². The Hall–Kier alpha value is -2.51. The molecule has 0 aromatic carbocycles. The van der Waals surface area contributed by atoms with E-state index in [9.17, 15) is 14.4 Å². The van der Waals surface area contributed by atoms with Crippen LogP contribution in [0.5, 0.6) is 0 Å². The summed E-state index contributed by atoms with van der Waals surface area (Å²) < 4.78 is 4.24. The zero-order valence-corrected chi connectivity index (χ0v) is 15.8. The van der Waals surface area contributed by atoms with Gasteiger partial charge in [-0.25, -0.2) is 9.78 Å². The molecule has 26 heavy (non-hydrogen) atoms. The second-order valence-electron chi connectivity index (χ2n) is 7.85. The van der Waals surface area contributed by atoms with Crippen LogP contribution in [0.25, 0.3) is 11.2 Å². The number of Topliss-reactive ketones (excluding diaryl/α,β-unsaturated/α-hetero) is 1. The molecule has 0 atom stereocenters. The van der Waals surface area contributed by atoms with Crippen molar-refractivity contribution in [2.45, 2.75) is 46.1 Å². The van der Waals surface area contributed by atoms with Crippen molar-refractivity contribution in [3.8, 4) is 0 Å². The number of aliphatic imine (C=N–C) groups is 1. The number of fused-ring (bicyclic) bond motifs is 1. The fourth-order valence-electron chi connectivity index (χ4n) is 3.66. The first kappa shape index (κ1) is 18.3. The van der Waals surface area contributed by atoms with Crippen LogP contribution in [0.4, 0.5) is 0 Å². The second kappa shape index (κ2) is 6.66. The summed E-state index contributed by atoms with van der Waals surface area (Å²) in [6.07, 6.45) is 4.26. The molecule has 3 rings (SSSR count). The molecule has 1 saturated carbocycles. The number of ketones is 1. The molecule has 0 saturated heterocycles. The molecule has 2 aromatic heterocycles. The molecule has 8 heteroatoms. The number of rotatable bonds is 4. The molecule has 2 heterocycles. The highest BCUT2D eigenvalue weighted by Crippen LogP contribution is 2.31. The number of aryl methyl sites for hydroxylation is 2. The minimum atomic E-state index is -0.385. The maximum absolute atomic E-state index is 12.4. The average molecular weight is 359 g/mol. The first-order chi connectivity index (χ1) is 12.2. The lowest BCUT2D eigenvalue weighted by atomic mass is 9.76. The average Bonchev–Trinajstić information content (AvgIpc) is 2.97. The third-order valence-electron chi connectivity index (χ3n) is 4.87. The molecule has 0 bridgehead atoms. The van der Waals surface area contributed by atoms with E-state index in [0.29, 0.717) is 37.1 Å². The molecule has 0 N–H and O–H groups in total. The lowest BCUT2D eigenvalue weighted by Gasteiger charge is -2.29. The van der Waals surface area contributed by atoms with Crippen LogP contribution in [-0.2, 0) is 25.4 Å². The third kappa shape index (κ3) is 3.40. The number of hydrogen-bond donors (Lipinski definition) is 0. The maximum atomic E-state index is 12.4. The van der Waals surface area contributed by atoms with Gasteiger partial charge in [0.2, 0.25) is 0 Å². The van der Waals surface area contributed by atoms with Crippen molar-refractivity contribution >= 4 is 22.7 Å². The Morgan fingerprint density at radius 3 is 2.58 bits per heavy atom. The third-order valence-corrected chi connectivity index (χ3v) is 4.87. The smallest absolute Gasteiger partial charge is 0.325 e. The van der Waals surface area contributed by atoms with Gasteiger partial charge in [0.15, 0.2) is 11.2 Å². The maximum Gasteiger partial charge on any atom is 0.332 e. The van der Waals surface area contributed by atoms with E-state index in [1.165, 1.54) is 11.6 Å². The van der Waals surface area contributed by atoms with E-state index in [2.05, 4.69) is 23.8 Å². The lowest BCUT2D eigenvalue weighted by molar-refractivity contribution is -0.120. The summed E-state index contributed by atoms with van der Waals surface area (Å²) in [6.45, 7) is 5.37. The molecular formula is C18H25N5O3. The van der Waals surface area contributed by atoms with Crippen molar-refractivity contribution in [1.82, 2.24) is 18.7 Å². The first-order valence-corrected chi connectivity index (χ1v) is 8.84. The number of carbonyl (C=O) groups is 1. The topological polar surface area (TPSA) is 91.2 Å². The fourth-order valence-corrected chi connectivity index (χ4v) is 3.66. The van der Waals surface area contributed by atoms with Crippen LogP contribution in [0.3, 0.4) is 0 Å². The van der Waals surface area contributed by atoms with Crippen molar-refractivity contribution in [3.05, 3.63) is 27.2 Å². The Balaban J connectivity index is 1.73. The van der Waals surface area contributed by atoms with Gasteiger partial charge in [0.1, 0.15) is 5.78 Å². The largest absolute Gasteiger partial charge is 0.332 e. The molecule has 1 aliphatic rings. The van der Waals surface area contributed by atoms with Gasteiger partial charge in [-0.2, -0.15) is 0 Å². The molecule has 0 spiro atoms. The van der Waals surface area contributed by atoms with Gasteiger partial charge in [-0.15, -0.1) is 0 Å². The minimum absolute atomic E-state index is 0.00822. The Kier molecular flexibility index (Phi) is 4.68. The van der Waals surface area contributed by atoms with Gasteiger partial charge in [-0.3, -0.25) is 23.7 Å². The summed E-state index contributed by atoms with van der Waals surface area (Å²) in [4.78, 5) is 45.0. The number of hydrogen-bond acceptors (Lipinski definition) is 5. The molecule has 0 radical (unpaired) electrons. The predicted molar refractivity (Wildman–Crippen MR) is 99.8 cm³/mol. The molecule has 8 nitrogen and oxygen atoms in total. The van der Waals surface area contributed by atoms with Crippen molar-refractivity contribution in [2.24, 2.45) is 24.5 Å². The van der Waals surface area contributed by atoms with Crippen molar-refractivity contribution in [3.63, 3.8) is 0 Å². The Labute approximate surface area is 151 Å². The normalized spacial score (nSPS) is 18.8. The van der Waals surface area contributed by atoms with Crippen LogP contribution in [0.2, 0.25) is 0 Å². The zero-order valence-electron chi connectivity index (χ0n) is 15.8. The monoisotopic (exact) mass is 359 g/mol. The lowest BCUT2D eigenvalue weighted by Crippen LogP contribution is -2.37. The molecule has 1 fully saturated rings. The Morgan fingerprint density at radius 2 is 1.88 bits per heavy atom. The highest BCUT2D eigenvalue weighted by Gasteiger charge is 2.29. The van der Waals surface area contributed by atoms with E-state index in [0.717, 1.165) is 23.1 Å². The minimum Gasteiger partial charge on any atom is -0.325 e. The molecular weight excluding hydrogens is 334 g/mol. The van der Waals surface area contributed by atoms with Gasteiger partial charge in [0.25, 0.3) is 5.56 Å². The standard InChI is InChI=1S/C18H25N5O3/c1-18(2)9-12(8-13(24)10-18)19-6-5-7-23-11-20-15-14(23)16(25)22(4)17(26)21(15)3/h11H,5-10H2,1-4H3. The van der Waals surface area contributed by atoms with Gasteiger partial charge in [0.05, 0.1) is 6.33 Å². The molecule has 0 aliphatic heterocycles. The van der Waals surface area contributed by atoms with Crippen LogP contribution in [0.1, 0.15) is 39.5 Å². The van der Waals surface area contributed by atoms with Gasteiger partial charge < -0.3 is 4.57 Å². The van der Waals surface area contributed by atoms with E-state index in [4.69, 9.17) is 0 Å². The second-order valence-corrected chi connectivity index (χ2v) is 7.85. The summed E-state index contributed by atoms with van der Waals surface area (Å²) in [7, 11) is 3.07. The summed E-state index contributed by atoms with van der Waals surface area (Å²) in [5.74, 6) is 0.255. The zero-order chi connectivity index (χ0) is 19.1. The quantitative estimate of drug-likeness (QED) is 0.763. The number of nitrogens with zero attached hydrogens (tertiary/aromatic N) is 5. The number of carbonyl (C=O) groups excluding carboxylic acids is 1. The fraction of sp³-hybridized carbons (Fsp3) is 0.611. The van der Waals surface area contributed by atoms with E-state index < -0.39 is 0 Å². The van der Waals surface area contributed by atoms with E-state index in [1.54, 1.807) is 17.9 Å². The van der Waals surface area contributed by atoms with E-state index in [-0.39, 0.29) is 22.4 Å². The first-order valence-electron chi connectivity index (χ1n) is 8.84. The Bertz CT molecular complexity index is 1010. The summed E-state index contributed by atoms with van der Waals surface area (Å²) in [5.41, 5.74) is 1.06. The summed E-state index contributed by atoms with van der Waals surface area (Å²) in [5, 5.41) is 0. The number of aromatic nitrogens is 4.